The number of ether oxygens (including phenoxy) is 1. The van der Waals surface area contributed by atoms with E-state index in [1.54, 1.807) is 12.1 Å². The molecule has 2 aromatic carbocycles. The molecular formula is C25H18ClF3N2O4. The van der Waals surface area contributed by atoms with Gasteiger partial charge in [-0.15, -0.1) is 0 Å². The normalized spacial score (nSPS) is 17.6. The van der Waals surface area contributed by atoms with Crippen LogP contribution in [-0.2, 0) is 22.3 Å². The number of nitrogens with zero attached hydrogens (tertiary/aromatic N) is 2. The second-order valence-corrected chi connectivity index (χ2v) is 8.19. The van der Waals surface area contributed by atoms with Crippen molar-refractivity contribution in [2.75, 3.05) is 7.11 Å². The third-order valence-electron chi connectivity index (χ3n) is 5.56. The Kier molecular flexibility index (Phi) is 6.53. The number of halogens is 4. The minimum absolute atomic E-state index is 0.0889. The summed E-state index contributed by atoms with van der Waals surface area (Å²) in [4.78, 5) is 31.3. The highest BCUT2D eigenvalue weighted by atomic mass is 35.5. The number of benzene rings is 2. The number of aliphatic hydroxyl groups excluding tert-OH is 1. The van der Waals surface area contributed by atoms with E-state index in [1.165, 1.54) is 49.8 Å². The lowest BCUT2D eigenvalue weighted by Crippen LogP contribution is -2.29. The van der Waals surface area contributed by atoms with E-state index in [0.717, 1.165) is 17.0 Å². The van der Waals surface area contributed by atoms with E-state index >= 15 is 0 Å². The van der Waals surface area contributed by atoms with Gasteiger partial charge < -0.3 is 14.7 Å². The van der Waals surface area contributed by atoms with Crippen LogP contribution in [-0.4, -0.2) is 33.8 Å². The smallest absolute Gasteiger partial charge is 0.416 e. The molecular weight excluding hydrogens is 485 g/mol. The summed E-state index contributed by atoms with van der Waals surface area (Å²) < 4.78 is 44.9. The van der Waals surface area contributed by atoms with Crippen molar-refractivity contribution in [3.63, 3.8) is 0 Å². The first-order valence-electron chi connectivity index (χ1n) is 10.3. The van der Waals surface area contributed by atoms with Crippen molar-refractivity contribution in [2.24, 2.45) is 0 Å². The molecule has 6 nitrogen and oxygen atoms in total. The number of rotatable bonds is 5. The van der Waals surface area contributed by atoms with Gasteiger partial charge in [0.25, 0.3) is 11.7 Å². The number of hydrogen-bond donors (Lipinski definition) is 1. The molecule has 10 heteroatoms. The minimum atomic E-state index is -4.57. The van der Waals surface area contributed by atoms with Crippen molar-refractivity contribution in [3.05, 3.63) is 99.8 Å². The molecule has 1 fully saturated rings. The molecule has 1 aliphatic heterocycles. The molecule has 1 aliphatic rings. The largest absolute Gasteiger partial charge is 0.507 e. The summed E-state index contributed by atoms with van der Waals surface area (Å²) in [5.41, 5.74) is -0.494. The Labute approximate surface area is 203 Å². The summed E-state index contributed by atoms with van der Waals surface area (Å²) in [6.07, 6.45) is -1.67. The van der Waals surface area contributed by atoms with E-state index in [-0.39, 0.29) is 34.0 Å². The highest BCUT2D eigenvalue weighted by Gasteiger charge is 2.46. The van der Waals surface area contributed by atoms with Gasteiger partial charge in [-0.3, -0.25) is 14.6 Å². The first-order chi connectivity index (χ1) is 16.6. The average Bonchev–Trinajstić information content (AvgIpc) is 3.08. The van der Waals surface area contributed by atoms with Crippen LogP contribution in [0.2, 0.25) is 5.02 Å². The maximum absolute atomic E-state index is 13.2. The molecule has 0 bridgehead atoms. The summed E-state index contributed by atoms with van der Waals surface area (Å²) in [6.45, 7) is -0.308. The van der Waals surface area contributed by atoms with E-state index in [2.05, 4.69) is 4.98 Å². The SMILES string of the molecule is COc1ccc(Cl)cc1/C(O)=C1\C(=O)C(=O)N(Cc2cccc(C(F)(F)F)c2)C1c1cccnc1. The number of Topliss-reactive ketones (excluding diaryl/α,β-unsaturated/α-hetero) is 1. The Morgan fingerprint density at radius 1 is 1.14 bits per heavy atom. The summed E-state index contributed by atoms with van der Waals surface area (Å²) >= 11 is 6.08. The monoisotopic (exact) mass is 502 g/mol. The Morgan fingerprint density at radius 2 is 1.91 bits per heavy atom. The summed E-state index contributed by atoms with van der Waals surface area (Å²) in [5, 5.41) is 11.4. The fraction of sp³-hybridized carbons (Fsp3) is 0.160. The Bertz CT molecular complexity index is 1330. The second kappa shape index (κ2) is 9.42. The van der Waals surface area contributed by atoms with Gasteiger partial charge in [-0.05, 0) is 47.5 Å². The summed E-state index contributed by atoms with van der Waals surface area (Å²) in [5.74, 6) is -2.28. The molecule has 2 heterocycles. The molecule has 1 atom stereocenters. The first-order valence-corrected chi connectivity index (χ1v) is 10.7. The van der Waals surface area contributed by atoms with E-state index in [4.69, 9.17) is 16.3 Å². The predicted octanol–water partition coefficient (Wildman–Crippen LogP) is 5.38. The van der Waals surface area contributed by atoms with Gasteiger partial charge in [0.2, 0.25) is 0 Å². The molecule has 0 saturated carbocycles. The number of ketones is 1. The third kappa shape index (κ3) is 4.72. The molecule has 0 spiro atoms. The lowest BCUT2D eigenvalue weighted by atomic mass is 9.95. The number of likely N-dealkylation sites (tertiary alicyclic amines) is 1. The van der Waals surface area contributed by atoms with Gasteiger partial charge in [0.05, 0.1) is 29.9 Å². The number of pyridine rings is 1. The number of hydrogen-bond acceptors (Lipinski definition) is 5. The number of alkyl halides is 3. The summed E-state index contributed by atoms with van der Waals surface area (Å²) in [6, 6.07) is 11.0. The Morgan fingerprint density at radius 3 is 2.57 bits per heavy atom. The zero-order valence-electron chi connectivity index (χ0n) is 18.2. The van der Waals surface area contributed by atoms with Crippen molar-refractivity contribution in [2.45, 2.75) is 18.8 Å². The number of methoxy groups -OCH3 is 1. The zero-order valence-corrected chi connectivity index (χ0v) is 19.0. The molecule has 1 saturated heterocycles. The van der Waals surface area contributed by atoms with Gasteiger partial charge in [0.15, 0.2) is 0 Å². The van der Waals surface area contributed by atoms with Crippen LogP contribution >= 0.6 is 11.6 Å². The number of carbonyl (C=O) groups excluding carboxylic acids is 2. The van der Waals surface area contributed by atoms with Gasteiger partial charge in [-0.1, -0.05) is 29.8 Å². The average molecular weight is 503 g/mol. The van der Waals surface area contributed by atoms with Crippen LogP contribution in [0, 0.1) is 0 Å². The van der Waals surface area contributed by atoms with Crippen LogP contribution < -0.4 is 4.74 Å². The van der Waals surface area contributed by atoms with Gasteiger partial charge in [-0.2, -0.15) is 13.2 Å². The standard InChI is InChI=1S/C25H18ClF3N2O4/c1-35-19-8-7-17(26)11-18(19)22(32)20-21(15-5-3-9-30-12-15)31(24(34)23(20)33)13-14-4-2-6-16(10-14)25(27,28)29/h2-12,21,32H,13H2,1H3/b22-20+. The fourth-order valence-corrected chi connectivity index (χ4v) is 4.15. The maximum atomic E-state index is 13.2. The lowest BCUT2D eigenvalue weighted by Gasteiger charge is -2.25. The van der Waals surface area contributed by atoms with E-state index in [0.29, 0.717) is 5.56 Å². The molecule has 1 aromatic heterocycles. The molecule has 180 valence electrons. The molecule has 1 unspecified atom stereocenters. The topological polar surface area (TPSA) is 79.7 Å². The molecule has 1 N–H and O–H groups in total. The first kappa shape index (κ1) is 24.3. The Balaban J connectivity index is 1.87. The van der Waals surface area contributed by atoms with Crippen LogP contribution in [0.15, 0.2) is 72.6 Å². The number of carbonyl (C=O) groups is 2. The van der Waals surface area contributed by atoms with Gasteiger partial charge in [0.1, 0.15) is 11.5 Å². The van der Waals surface area contributed by atoms with Crippen LogP contribution in [0.4, 0.5) is 13.2 Å². The van der Waals surface area contributed by atoms with E-state index in [9.17, 15) is 27.9 Å². The fourth-order valence-electron chi connectivity index (χ4n) is 3.98. The predicted molar refractivity (Wildman–Crippen MR) is 122 cm³/mol. The Hall–Kier alpha value is -3.85. The van der Waals surface area contributed by atoms with Crippen molar-refractivity contribution in [1.29, 1.82) is 0 Å². The van der Waals surface area contributed by atoms with Crippen LogP contribution in [0.25, 0.3) is 5.76 Å². The van der Waals surface area contributed by atoms with Crippen LogP contribution in [0.3, 0.4) is 0 Å². The molecule has 4 rings (SSSR count). The van der Waals surface area contributed by atoms with Crippen molar-refractivity contribution in [3.8, 4) is 5.75 Å². The summed E-state index contributed by atoms with van der Waals surface area (Å²) in [7, 11) is 1.37. The number of amides is 1. The second-order valence-electron chi connectivity index (χ2n) is 7.76. The molecule has 0 radical (unpaired) electrons. The van der Waals surface area contributed by atoms with E-state index < -0.39 is 35.2 Å². The highest BCUT2D eigenvalue weighted by Crippen LogP contribution is 2.42. The highest BCUT2D eigenvalue weighted by molar-refractivity contribution is 6.46. The van der Waals surface area contributed by atoms with Gasteiger partial charge in [0, 0.05) is 24.0 Å². The van der Waals surface area contributed by atoms with E-state index in [1.807, 2.05) is 0 Å². The minimum Gasteiger partial charge on any atom is -0.507 e. The molecule has 1 amide bonds. The maximum Gasteiger partial charge on any atom is 0.416 e. The zero-order chi connectivity index (χ0) is 25.3. The van der Waals surface area contributed by atoms with Crippen LogP contribution in [0.1, 0.15) is 28.3 Å². The molecule has 0 aliphatic carbocycles. The number of aliphatic hydroxyl groups is 1. The lowest BCUT2D eigenvalue weighted by molar-refractivity contribution is -0.140. The quantitative estimate of drug-likeness (QED) is 0.288. The number of aromatic nitrogens is 1. The van der Waals surface area contributed by atoms with Gasteiger partial charge in [-0.25, -0.2) is 0 Å². The van der Waals surface area contributed by atoms with Crippen LogP contribution in [0.5, 0.6) is 5.75 Å². The van der Waals surface area contributed by atoms with Crippen molar-refractivity contribution >= 4 is 29.1 Å². The van der Waals surface area contributed by atoms with Gasteiger partial charge >= 0.3 is 6.18 Å². The van der Waals surface area contributed by atoms with Crippen molar-refractivity contribution in [1.82, 2.24) is 9.88 Å². The molecule has 3 aromatic rings. The molecule has 35 heavy (non-hydrogen) atoms. The van der Waals surface area contributed by atoms with Crippen molar-refractivity contribution < 1.29 is 32.6 Å². The third-order valence-corrected chi connectivity index (χ3v) is 5.80.